The Morgan fingerprint density at radius 2 is 1.95 bits per heavy atom. The Bertz CT molecular complexity index is 594. The van der Waals surface area contributed by atoms with Crippen molar-refractivity contribution >= 4 is 21.6 Å². The molecule has 0 atom stereocenters. The van der Waals surface area contributed by atoms with Gasteiger partial charge in [0, 0.05) is 28.6 Å². The van der Waals surface area contributed by atoms with E-state index in [1.165, 1.54) is 6.07 Å². The second kappa shape index (κ2) is 5.83. The molecule has 0 aliphatic heterocycles. The molecule has 2 rings (SSSR count). The largest absolute Gasteiger partial charge is 0.418 e. The van der Waals surface area contributed by atoms with Crippen molar-refractivity contribution in [1.82, 2.24) is 4.98 Å². The first-order chi connectivity index (χ1) is 9.36. The van der Waals surface area contributed by atoms with Crippen molar-refractivity contribution in [3.63, 3.8) is 0 Å². The van der Waals surface area contributed by atoms with Gasteiger partial charge in [0.15, 0.2) is 0 Å². The van der Waals surface area contributed by atoms with E-state index in [-0.39, 0.29) is 12.2 Å². The Morgan fingerprint density at radius 1 is 1.20 bits per heavy atom. The number of aromatic nitrogens is 1. The van der Waals surface area contributed by atoms with Crippen molar-refractivity contribution in [3.8, 4) is 0 Å². The van der Waals surface area contributed by atoms with Crippen molar-refractivity contribution < 1.29 is 13.2 Å². The number of aryl methyl sites for hydroxylation is 1. The molecule has 106 valence electrons. The number of hydrogen-bond acceptors (Lipinski definition) is 2. The molecule has 0 aliphatic rings. The molecule has 1 heterocycles. The second-order valence-electron chi connectivity index (χ2n) is 4.35. The van der Waals surface area contributed by atoms with E-state index in [1.807, 2.05) is 19.1 Å². The lowest BCUT2D eigenvalue weighted by Crippen LogP contribution is -2.11. The molecule has 1 N–H and O–H groups in total. The van der Waals surface area contributed by atoms with Gasteiger partial charge in [-0.1, -0.05) is 22.0 Å². The third-order valence-electron chi connectivity index (χ3n) is 2.74. The zero-order chi connectivity index (χ0) is 14.8. The minimum atomic E-state index is -4.39. The minimum absolute atomic E-state index is 0.0567. The van der Waals surface area contributed by atoms with Gasteiger partial charge in [-0.15, -0.1) is 0 Å². The molecule has 0 saturated heterocycles. The molecule has 20 heavy (non-hydrogen) atoms. The molecule has 1 aromatic carbocycles. The van der Waals surface area contributed by atoms with E-state index in [2.05, 4.69) is 26.2 Å². The quantitative estimate of drug-likeness (QED) is 0.866. The Balaban J connectivity index is 2.19. The number of anilines is 1. The summed E-state index contributed by atoms with van der Waals surface area (Å²) in [7, 11) is 0. The number of alkyl halides is 3. The fourth-order valence-corrected chi connectivity index (χ4v) is 2.07. The molecule has 0 radical (unpaired) electrons. The summed E-state index contributed by atoms with van der Waals surface area (Å²) in [6.45, 7) is 2.14. The van der Waals surface area contributed by atoms with Gasteiger partial charge in [-0.25, -0.2) is 0 Å². The topological polar surface area (TPSA) is 24.9 Å². The Morgan fingerprint density at radius 3 is 2.55 bits per heavy atom. The van der Waals surface area contributed by atoms with Gasteiger partial charge < -0.3 is 5.32 Å². The van der Waals surface area contributed by atoms with Gasteiger partial charge in [0.05, 0.1) is 5.56 Å². The number of rotatable bonds is 3. The third kappa shape index (κ3) is 3.72. The smallest absolute Gasteiger partial charge is 0.380 e. The molecule has 1 aromatic heterocycles. The van der Waals surface area contributed by atoms with Gasteiger partial charge in [0.1, 0.15) is 0 Å². The third-order valence-corrected chi connectivity index (χ3v) is 3.24. The number of hydrogen-bond donors (Lipinski definition) is 1. The van der Waals surface area contributed by atoms with Crippen molar-refractivity contribution in [2.24, 2.45) is 0 Å². The van der Waals surface area contributed by atoms with Gasteiger partial charge >= 0.3 is 6.18 Å². The van der Waals surface area contributed by atoms with Gasteiger partial charge in [-0.2, -0.15) is 13.2 Å². The molecule has 0 unspecified atom stereocenters. The molecule has 0 saturated carbocycles. The first-order valence-corrected chi connectivity index (χ1v) is 6.68. The molecule has 0 aliphatic carbocycles. The number of benzene rings is 1. The van der Waals surface area contributed by atoms with Crippen LogP contribution in [-0.4, -0.2) is 4.98 Å². The number of nitrogens with zero attached hydrogens (tertiary/aromatic N) is 1. The van der Waals surface area contributed by atoms with E-state index in [0.29, 0.717) is 4.47 Å². The summed E-state index contributed by atoms with van der Waals surface area (Å²) in [5.41, 5.74) is 1.06. The van der Waals surface area contributed by atoms with Crippen LogP contribution in [0.15, 0.2) is 41.0 Å². The van der Waals surface area contributed by atoms with Crippen LogP contribution in [-0.2, 0) is 12.7 Å². The van der Waals surface area contributed by atoms with Crippen molar-refractivity contribution in [2.45, 2.75) is 19.6 Å². The molecule has 0 fully saturated rings. The predicted molar refractivity (Wildman–Crippen MR) is 75.4 cm³/mol. The van der Waals surface area contributed by atoms with Crippen LogP contribution < -0.4 is 5.32 Å². The fraction of sp³-hybridized carbons (Fsp3) is 0.214. The molecule has 0 amide bonds. The zero-order valence-corrected chi connectivity index (χ0v) is 12.2. The zero-order valence-electron chi connectivity index (χ0n) is 10.6. The van der Waals surface area contributed by atoms with E-state index in [9.17, 15) is 13.2 Å². The Labute approximate surface area is 123 Å². The molecule has 6 heteroatoms. The van der Waals surface area contributed by atoms with E-state index in [4.69, 9.17) is 0 Å². The average Bonchev–Trinajstić information content (AvgIpc) is 2.38. The summed E-state index contributed by atoms with van der Waals surface area (Å²) in [5.74, 6) is 0. The van der Waals surface area contributed by atoms with Crippen LogP contribution in [0.1, 0.15) is 16.8 Å². The number of nitrogens with one attached hydrogen (secondary N) is 1. The Kier molecular flexibility index (Phi) is 4.32. The van der Waals surface area contributed by atoms with Gasteiger partial charge in [0.25, 0.3) is 0 Å². The van der Waals surface area contributed by atoms with Crippen LogP contribution >= 0.6 is 15.9 Å². The maximum atomic E-state index is 12.9. The Hall–Kier alpha value is -1.56. The first-order valence-electron chi connectivity index (χ1n) is 5.88. The lowest BCUT2D eigenvalue weighted by atomic mass is 10.1. The van der Waals surface area contributed by atoms with Crippen molar-refractivity contribution in [3.05, 3.63) is 57.8 Å². The van der Waals surface area contributed by atoms with Crippen LogP contribution in [0.5, 0.6) is 0 Å². The minimum Gasteiger partial charge on any atom is -0.380 e. The normalized spacial score (nSPS) is 11.4. The van der Waals surface area contributed by atoms with Crippen LogP contribution in [0.25, 0.3) is 0 Å². The standard InChI is InChI=1S/C14H12BrF3N2/c1-9-2-3-10(7-19-9)8-20-13-5-4-11(15)6-12(13)14(16,17)18/h2-7,20H,8H2,1H3. The van der Waals surface area contributed by atoms with E-state index in [0.717, 1.165) is 17.3 Å². The summed E-state index contributed by atoms with van der Waals surface area (Å²) < 4.78 is 39.2. The monoisotopic (exact) mass is 344 g/mol. The van der Waals surface area contributed by atoms with E-state index >= 15 is 0 Å². The second-order valence-corrected chi connectivity index (χ2v) is 5.26. The maximum absolute atomic E-state index is 12.9. The van der Waals surface area contributed by atoms with Crippen LogP contribution in [0.2, 0.25) is 0 Å². The summed E-state index contributed by atoms with van der Waals surface area (Å²) >= 11 is 3.05. The van der Waals surface area contributed by atoms with E-state index in [1.54, 1.807) is 12.3 Å². The maximum Gasteiger partial charge on any atom is 0.418 e. The summed E-state index contributed by atoms with van der Waals surface area (Å²) in [5, 5.41) is 2.80. The average molecular weight is 345 g/mol. The van der Waals surface area contributed by atoms with Crippen LogP contribution in [0.3, 0.4) is 0 Å². The lowest BCUT2D eigenvalue weighted by molar-refractivity contribution is -0.137. The van der Waals surface area contributed by atoms with Crippen molar-refractivity contribution in [1.29, 1.82) is 0 Å². The van der Waals surface area contributed by atoms with E-state index < -0.39 is 11.7 Å². The highest BCUT2D eigenvalue weighted by Gasteiger charge is 2.33. The first kappa shape index (κ1) is 14.8. The van der Waals surface area contributed by atoms with Gasteiger partial charge in [0.2, 0.25) is 0 Å². The van der Waals surface area contributed by atoms with Crippen LogP contribution in [0.4, 0.5) is 18.9 Å². The summed E-state index contributed by atoms with van der Waals surface area (Å²) in [4.78, 5) is 4.11. The molecule has 2 aromatic rings. The highest BCUT2D eigenvalue weighted by molar-refractivity contribution is 9.10. The van der Waals surface area contributed by atoms with Crippen molar-refractivity contribution in [2.75, 3.05) is 5.32 Å². The molecule has 0 spiro atoms. The van der Waals surface area contributed by atoms with Gasteiger partial charge in [-0.05, 0) is 36.8 Å². The highest BCUT2D eigenvalue weighted by atomic mass is 79.9. The fourth-order valence-electron chi connectivity index (χ4n) is 1.71. The highest BCUT2D eigenvalue weighted by Crippen LogP contribution is 2.36. The summed E-state index contributed by atoms with van der Waals surface area (Å²) in [6, 6.07) is 7.71. The predicted octanol–water partition coefficient (Wildman–Crippen LogP) is 4.78. The molecule has 2 nitrogen and oxygen atoms in total. The molecular formula is C14H12BrF3N2. The molecule has 0 bridgehead atoms. The lowest BCUT2D eigenvalue weighted by Gasteiger charge is -2.15. The SMILES string of the molecule is Cc1ccc(CNc2ccc(Br)cc2C(F)(F)F)cn1. The van der Waals surface area contributed by atoms with Crippen LogP contribution in [0, 0.1) is 6.92 Å². The number of halogens is 4. The van der Waals surface area contributed by atoms with Gasteiger partial charge in [-0.3, -0.25) is 4.98 Å². The summed E-state index contributed by atoms with van der Waals surface area (Å²) in [6.07, 6.45) is -2.74. The number of pyridine rings is 1. The molecular weight excluding hydrogens is 333 g/mol.